The van der Waals surface area contributed by atoms with E-state index in [0.29, 0.717) is 18.6 Å². The molecule has 1 fully saturated rings. The van der Waals surface area contributed by atoms with E-state index in [1.807, 2.05) is 25.1 Å². The van der Waals surface area contributed by atoms with Gasteiger partial charge in [0.25, 0.3) is 0 Å². The second-order valence-electron chi connectivity index (χ2n) is 5.02. The highest BCUT2D eigenvalue weighted by molar-refractivity contribution is 5.87. The number of carbonyl (C=O) groups is 2. The SMILES string of the molecule is C[C@@H]1CC(=O)C[C@H]2c3ccccc3OC(=O)[C@@H]12. The van der Waals surface area contributed by atoms with Crippen molar-refractivity contribution in [3.8, 4) is 5.75 Å². The van der Waals surface area contributed by atoms with E-state index in [1.54, 1.807) is 6.07 Å². The fraction of sp³-hybridized carbons (Fsp3) is 0.429. The standard InChI is InChI=1S/C14H14O3/c1-8-6-9(15)7-11-10-4-2-3-5-12(10)17-14(16)13(8)11/h2-5,8,11,13H,6-7H2,1H3/t8-,11+,13+/m1/s1. The largest absolute Gasteiger partial charge is 0.426 e. The summed E-state index contributed by atoms with van der Waals surface area (Å²) in [5, 5.41) is 0. The number of benzene rings is 1. The Labute approximate surface area is 99.8 Å². The zero-order valence-electron chi connectivity index (χ0n) is 9.68. The quantitative estimate of drug-likeness (QED) is 0.507. The summed E-state index contributed by atoms with van der Waals surface area (Å²) in [7, 11) is 0. The van der Waals surface area contributed by atoms with Crippen molar-refractivity contribution in [2.45, 2.75) is 25.7 Å². The van der Waals surface area contributed by atoms with Crippen LogP contribution in [0, 0.1) is 11.8 Å². The van der Waals surface area contributed by atoms with Crippen LogP contribution < -0.4 is 4.74 Å². The summed E-state index contributed by atoms with van der Waals surface area (Å²) < 4.78 is 5.36. The number of fused-ring (bicyclic) bond motifs is 3. The van der Waals surface area contributed by atoms with Gasteiger partial charge in [0.15, 0.2) is 0 Å². The van der Waals surface area contributed by atoms with Gasteiger partial charge in [-0.2, -0.15) is 0 Å². The third-order valence-corrected chi connectivity index (χ3v) is 3.84. The Balaban J connectivity index is 2.08. The molecule has 0 saturated heterocycles. The molecule has 0 unspecified atom stereocenters. The number of ketones is 1. The third kappa shape index (κ3) is 1.57. The van der Waals surface area contributed by atoms with Crippen LogP contribution in [0.2, 0.25) is 0 Å². The highest BCUT2D eigenvalue weighted by Gasteiger charge is 2.45. The van der Waals surface area contributed by atoms with Gasteiger partial charge >= 0.3 is 5.97 Å². The maximum Gasteiger partial charge on any atom is 0.315 e. The lowest BCUT2D eigenvalue weighted by atomic mass is 9.68. The summed E-state index contributed by atoms with van der Waals surface area (Å²) in [6.07, 6.45) is 0.972. The maximum atomic E-state index is 12.0. The molecule has 1 saturated carbocycles. The maximum absolute atomic E-state index is 12.0. The Hall–Kier alpha value is -1.64. The van der Waals surface area contributed by atoms with Crippen molar-refractivity contribution in [1.82, 2.24) is 0 Å². The number of carbonyl (C=O) groups excluding carboxylic acids is 2. The van der Waals surface area contributed by atoms with Gasteiger partial charge in [-0.3, -0.25) is 9.59 Å². The van der Waals surface area contributed by atoms with Crippen molar-refractivity contribution in [3.05, 3.63) is 29.8 Å². The predicted molar refractivity (Wildman–Crippen MR) is 61.7 cm³/mol. The van der Waals surface area contributed by atoms with E-state index in [9.17, 15) is 9.59 Å². The lowest BCUT2D eigenvalue weighted by molar-refractivity contribution is -0.145. The first-order chi connectivity index (χ1) is 8.16. The highest BCUT2D eigenvalue weighted by atomic mass is 16.5. The molecular formula is C14H14O3. The van der Waals surface area contributed by atoms with Gasteiger partial charge in [-0.25, -0.2) is 0 Å². The molecule has 88 valence electrons. The van der Waals surface area contributed by atoms with E-state index in [1.165, 1.54) is 0 Å². The lowest BCUT2D eigenvalue weighted by Crippen LogP contribution is -2.40. The summed E-state index contributed by atoms with van der Waals surface area (Å²) in [6, 6.07) is 7.54. The summed E-state index contributed by atoms with van der Waals surface area (Å²) >= 11 is 0. The van der Waals surface area contributed by atoms with Crippen LogP contribution >= 0.6 is 0 Å². The summed E-state index contributed by atoms with van der Waals surface area (Å²) in [5.74, 6) is 0.658. The molecule has 2 aliphatic rings. The molecule has 0 aromatic heterocycles. The third-order valence-electron chi connectivity index (χ3n) is 3.84. The van der Waals surface area contributed by atoms with Gasteiger partial charge in [-0.1, -0.05) is 25.1 Å². The van der Waals surface area contributed by atoms with Crippen molar-refractivity contribution >= 4 is 11.8 Å². The molecule has 1 heterocycles. The molecule has 0 spiro atoms. The first-order valence-electron chi connectivity index (χ1n) is 5.99. The van der Waals surface area contributed by atoms with Crippen LogP contribution in [0.25, 0.3) is 0 Å². The zero-order chi connectivity index (χ0) is 12.0. The van der Waals surface area contributed by atoms with Crippen molar-refractivity contribution in [2.24, 2.45) is 11.8 Å². The van der Waals surface area contributed by atoms with Gasteiger partial charge in [-0.05, 0) is 17.5 Å². The zero-order valence-corrected chi connectivity index (χ0v) is 9.68. The van der Waals surface area contributed by atoms with Gasteiger partial charge in [0, 0.05) is 18.8 Å². The van der Waals surface area contributed by atoms with Gasteiger partial charge in [0.1, 0.15) is 11.5 Å². The predicted octanol–water partition coefficient (Wildman–Crippen LogP) is 2.30. The molecule has 3 atom stereocenters. The monoisotopic (exact) mass is 230 g/mol. The summed E-state index contributed by atoms with van der Waals surface area (Å²) in [4.78, 5) is 23.7. The Morgan fingerprint density at radius 1 is 1.18 bits per heavy atom. The smallest absolute Gasteiger partial charge is 0.315 e. The molecule has 3 nitrogen and oxygen atoms in total. The molecule has 0 bridgehead atoms. The number of hydrogen-bond donors (Lipinski definition) is 0. The Morgan fingerprint density at radius 3 is 2.76 bits per heavy atom. The van der Waals surface area contributed by atoms with Gasteiger partial charge in [0.2, 0.25) is 0 Å². The molecule has 1 aromatic carbocycles. The van der Waals surface area contributed by atoms with Crippen molar-refractivity contribution in [3.63, 3.8) is 0 Å². The first kappa shape index (κ1) is 10.5. The lowest BCUT2D eigenvalue weighted by Gasteiger charge is -2.38. The minimum absolute atomic E-state index is 0.0173. The minimum Gasteiger partial charge on any atom is -0.426 e. The van der Waals surface area contributed by atoms with Crippen LogP contribution in [0.4, 0.5) is 0 Å². The van der Waals surface area contributed by atoms with Crippen LogP contribution in [0.5, 0.6) is 5.75 Å². The van der Waals surface area contributed by atoms with Crippen molar-refractivity contribution in [1.29, 1.82) is 0 Å². The van der Waals surface area contributed by atoms with E-state index >= 15 is 0 Å². The fourth-order valence-corrected chi connectivity index (χ4v) is 3.09. The van der Waals surface area contributed by atoms with Crippen LogP contribution in [0.1, 0.15) is 31.2 Å². The minimum atomic E-state index is -0.172. The van der Waals surface area contributed by atoms with E-state index in [-0.39, 0.29) is 29.5 Å². The second kappa shape index (κ2) is 3.69. The topological polar surface area (TPSA) is 43.4 Å². The normalized spacial score (nSPS) is 31.5. The fourth-order valence-electron chi connectivity index (χ4n) is 3.09. The van der Waals surface area contributed by atoms with Crippen molar-refractivity contribution < 1.29 is 14.3 Å². The van der Waals surface area contributed by atoms with Crippen molar-refractivity contribution in [2.75, 3.05) is 0 Å². The molecule has 0 radical (unpaired) electrons. The van der Waals surface area contributed by atoms with E-state index < -0.39 is 0 Å². The summed E-state index contributed by atoms with van der Waals surface area (Å²) in [5.41, 5.74) is 1.01. The number of rotatable bonds is 0. The molecule has 1 aromatic rings. The Kier molecular flexibility index (Phi) is 2.28. The van der Waals surface area contributed by atoms with Crippen LogP contribution in [0.15, 0.2) is 24.3 Å². The van der Waals surface area contributed by atoms with Gasteiger partial charge in [-0.15, -0.1) is 0 Å². The number of ether oxygens (including phenoxy) is 1. The molecule has 3 heteroatoms. The van der Waals surface area contributed by atoms with Crippen LogP contribution in [-0.2, 0) is 9.59 Å². The number of para-hydroxylation sites is 1. The summed E-state index contributed by atoms with van der Waals surface area (Å²) in [6.45, 7) is 1.96. The average Bonchev–Trinajstić information content (AvgIpc) is 2.28. The van der Waals surface area contributed by atoms with E-state index in [0.717, 1.165) is 5.56 Å². The Bertz CT molecular complexity index is 492. The van der Waals surface area contributed by atoms with E-state index in [2.05, 4.69) is 0 Å². The molecule has 17 heavy (non-hydrogen) atoms. The molecule has 1 aliphatic carbocycles. The first-order valence-corrected chi connectivity index (χ1v) is 5.99. The number of Topliss-reactive ketones (excluding diaryl/α,β-unsaturated/α-hetero) is 1. The molecule has 3 rings (SSSR count). The number of hydrogen-bond acceptors (Lipinski definition) is 3. The molecular weight excluding hydrogens is 216 g/mol. The molecule has 1 aliphatic heterocycles. The van der Waals surface area contributed by atoms with Crippen LogP contribution in [-0.4, -0.2) is 11.8 Å². The Morgan fingerprint density at radius 2 is 1.94 bits per heavy atom. The second-order valence-corrected chi connectivity index (χ2v) is 5.02. The average molecular weight is 230 g/mol. The number of esters is 1. The van der Waals surface area contributed by atoms with Crippen LogP contribution in [0.3, 0.4) is 0 Å². The molecule has 0 N–H and O–H groups in total. The van der Waals surface area contributed by atoms with E-state index in [4.69, 9.17) is 4.74 Å². The molecule has 0 amide bonds. The van der Waals surface area contributed by atoms with Gasteiger partial charge in [0.05, 0.1) is 5.92 Å². The van der Waals surface area contributed by atoms with Gasteiger partial charge < -0.3 is 4.74 Å². The highest BCUT2D eigenvalue weighted by Crippen LogP contribution is 2.46.